The maximum absolute atomic E-state index is 12.8. The van der Waals surface area contributed by atoms with Crippen molar-refractivity contribution in [1.29, 1.82) is 0 Å². The Bertz CT molecular complexity index is 1160. The molecule has 3 aromatic heterocycles. The number of pyridine rings is 1. The van der Waals surface area contributed by atoms with Crippen molar-refractivity contribution in [2.24, 2.45) is 5.92 Å². The Kier molecular flexibility index (Phi) is 5.70. The second kappa shape index (κ2) is 8.57. The van der Waals surface area contributed by atoms with Crippen LogP contribution in [0.2, 0.25) is 0 Å². The first-order valence-corrected chi connectivity index (χ1v) is 10.3. The number of amides is 1. The van der Waals surface area contributed by atoms with Gasteiger partial charge in [-0.1, -0.05) is 19.9 Å². The summed E-state index contributed by atoms with van der Waals surface area (Å²) in [5.74, 6) is 2.01. The van der Waals surface area contributed by atoms with Gasteiger partial charge in [0.25, 0.3) is 0 Å². The van der Waals surface area contributed by atoms with Crippen molar-refractivity contribution in [1.82, 2.24) is 24.5 Å². The number of hydrogen-bond donors (Lipinski definition) is 1. The zero-order valence-electron chi connectivity index (χ0n) is 17.6. The third-order valence-electron chi connectivity index (χ3n) is 5.25. The number of fused-ring (bicyclic) bond motifs is 2. The summed E-state index contributed by atoms with van der Waals surface area (Å²) < 4.78 is 9.32. The minimum Gasteiger partial charge on any atom is -0.497 e. The quantitative estimate of drug-likeness (QED) is 0.481. The molecular weight excluding hydrogens is 378 g/mol. The number of nitrogens with one attached hydrogen (secondary N) is 1. The SMILES string of the molecule is COc1ccc2c(ccn2CCC(=O)NC(CC(C)C)c2nnc3ccccn23)c1. The summed E-state index contributed by atoms with van der Waals surface area (Å²) in [5.41, 5.74) is 1.87. The normalized spacial score (nSPS) is 12.5. The molecule has 1 amide bonds. The summed E-state index contributed by atoms with van der Waals surface area (Å²) in [4.78, 5) is 12.8. The summed E-state index contributed by atoms with van der Waals surface area (Å²) in [6, 6.07) is 13.6. The van der Waals surface area contributed by atoms with E-state index in [0.717, 1.165) is 34.5 Å². The first kappa shape index (κ1) is 19.9. The molecule has 0 bridgehead atoms. The maximum atomic E-state index is 12.8. The summed E-state index contributed by atoms with van der Waals surface area (Å²) in [7, 11) is 1.66. The van der Waals surface area contributed by atoms with E-state index in [4.69, 9.17) is 4.74 Å². The van der Waals surface area contributed by atoms with E-state index in [2.05, 4.69) is 33.9 Å². The number of methoxy groups -OCH3 is 1. The molecule has 0 spiro atoms. The second-order valence-corrected chi connectivity index (χ2v) is 7.92. The lowest BCUT2D eigenvalue weighted by Gasteiger charge is -2.19. The molecule has 1 N–H and O–H groups in total. The van der Waals surface area contributed by atoms with Gasteiger partial charge >= 0.3 is 0 Å². The lowest BCUT2D eigenvalue weighted by molar-refractivity contribution is -0.122. The van der Waals surface area contributed by atoms with Crippen LogP contribution in [-0.4, -0.2) is 32.2 Å². The minimum atomic E-state index is -0.180. The number of carbonyl (C=O) groups is 1. The molecule has 4 rings (SSSR count). The highest BCUT2D eigenvalue weighted by Gasteiger charge is 2.21. The number of hydrogen-bond acceptors (Lipinski definition) is 4. The van der Waals surface area contributed by atoms with Crippen LogP contribution in [0.4, 0.5) is 0 Å². The Morgan fingerprint density at radius 3 is 2.80 bits per heavy atom. The minimum absolute atomic E-state index is 0.00342. The van der Waals surface area contributed by atoms with E-state index in [0.29, 0.717) is 18.9 Å². The van der Waals surface area contributed by atoms with Crippen molar-refractivity contribution in [2.45, 2.75) is 39.3 Å². The Morgan fingerprint density at radius 1 is 1.13 bits per heavy atom. The van der Waals surface area contributed by atoms with Crippen LogP contribution in [0.3, 0.4) is 0 Å². The van der Waals surface area contributed by atoms with E-state index in [-0.39, 0.29) is 11.9 Å². The van der Waals surface area contributed by atoms with Gasteiger partial charge in [-0.05, 0) is 48.7 Å². The largest absolute Gasteiger partial charge is 0.497 e. The molecule has 0 aliphatic rings. The van der Waals surface area contributed by atoms with Crippen LogP contribution in [-0.2, 0) is 11.3 Å². The van der Waals surface area contributed by atoms with Gasteiger partial charge in [-0.3, -0.25) is 9.20 Å². The molecule has 4 aromatic rings. The van der Waals surface area contributed by atoms with E-state index in [9.17, 15) is 4.79 Å². The highest BCUT2D eigenvalue weighted by Crippen LogP contribution is 2.23. The Balaban J connectivity index is 1.47. The summed E-state index contributed by atoms with van der Waals surface area (Å²) in [6.45, 7) is 4.89. The molecule has 156 valence electrons. The standard InChI is InChI=1S/C23H27N5O2/c1-16(2)14-19(23-26-25-21-6-4-5-11-28(21)23)24-22(29)10-13-27-12-9-17-15-18(30-3)7-8-20(17)27/h4-9,11-12,15-16,19H,10,13-14H2,1-3H3,(H,24,29). The van der Waals surface area contributed by atoms with Gasteiger partial charge in [0.15, 0.2) is 11.5 Å². The molecule has 30 heavy (non-hydrogen) atoms. The summed E-state index contributed by atoms with van der Waals surface area (Å²) >= 11 is 0. The first-order valence-electron chi connectivity index (χ1n) is 10.3. The molecule has 3 heterocycles. The van der Waals surface area contributed by atoms with E-state index in [1.807, 2.05) is 59.3 Å². The van der Waals surface area contributed by atoms with Crippen LogP contribution in [0.1, 0.15) is 38.6 Å². The van der Waals surface area contributed by atoms with E-state index in [1.165, 1.54) is 0 Å². The topological polar surface area (TPSA) is 73.4 Å². The Hall–Kier alpha value is -3.35. The molecule has 0 saturated heterocycles. The highest BCUT2D eigenvalue weighted by molar-refractivity contribution is 5.82. The van der Waals surface area contributed by atoms with Crippen molar-refractivity contribution in [3.63, 3.8) is 0 Å². The number of rotatable bonds is 8. The molecular formula is C23H27N5O2. The van der Waals surface area contributed by atoms with Crippen molar-refractivity contribution in [2.75, 3.05) is 7.11 Å². The summed E-state index contributed by atoms with van der Waals surface area (Å²) in [6.07, 6.45) is 5.13. The average Bonchev–Trinajstić information content (AvgIpc) is 3.35. The molecule has 7 nitrogen and oxygen atoms in total. The molecule has 1 unspecified atom stereocenters. The van der Waals surface area contributed by atoms with Crippen LogP contribution in [0.5, 0.6) is 5.75 Å². The van der Waals surface area contributed by atoms with E-state index in [1.54, 1.807) is 7.11 Å². The van der Waals surface area contributed by atoms with Crippen LogP contribution in [0.25, 0.3) is 16.6 Å². The number of ether oxygens (including phenoxy) is 1. The number of aryl methyl sites for hydroxylation is 1. The van der Waals surface area contributed by atoms with Gasteiger partial charge in [-0.2, -0.15) is 0 Å². The lowest BCUT2D eigenvalue weighted by Crippen LogP contribution is -2.31. The number of aromatic nitrogens is 4. The van der Waals surface area contributed by atoms with E-state index < -0.39 is 0 Å². The summed E-state index contributed by atoms with van der Waals surface area (Å²) in [5, 5.41) is 12.9. The first-order chi connectivity index (χ1) is 14.5. The third kappa shape index (κ3) is 4.15. The van der Waals surface area contributed by atoms with E-state index >= 15 is 0 Å². The van der Waals surface area contributed by atoms with Crippen LogP contribution in [0, 0.1) is 5.92 Å². The van der Waals surface area contributed by atoms with Crippen molar-refractivity contribution >= 4 is 22.5 Å². The van der Waals surface area contributed by atoms with Gasteiger partial charge in [0.2, 0.25) is 5.91 Å². The van der Waals surface area contributed by atoms with Gasteiger partial charge < -0.3 is 14.6 Å². The molecule has 0 aliphatic heterocycles. The van der Waals surface area contributed by atoms with Crippen LogP contribution < -0.4 is 10.1 Å². The molecule has 0 saturated carbocycles. The molecule has 1 aromatic carbocycles. The molecule has 0 radical (unpaired) electrons. The molecule has 0 fully saturated rings. The number of nitrogens with zero attached hydrogens (tertiary/aromatic N) is 4. The smallest absolute Gasteiger partial charge is 0.222 e. The third-order valence-corrected chi connectivity index (χ3v) is 5.25. The van der Waals surface area contributed by atoms with Gasteiger partial charge in [-0.25, -0.2) is 0 Å². The molecule has 1 atom stereocenters. The molecule has 7 heteroatoms. The zero-order chi connectivity index (χ0) is 21.1. The maximum Gasteiger partial charge on any atom is 0.222 e. The van der Waals surface area contributed by atoms with Crippen LogP contribution in [0.15, 0.2) is 54.9 Å². The predicted molar refractivity (Wildman–Crippen MR) is 116 cm³/mol. The van der Waals surface area contributed by atoms with Crippen molar-refractivity contribution < 1.29 is 9.53 Å². The average molecular weight is 406 g/mol. The fourth-order valence-corrected chi connectivity index (χ4v) is 3.79. The van der Waals surface area contributed by atoms with Gasteiger partial charge in [0.05, 0.1) is 13.2 Å². The van der Waals surface area contributed by atoms with Crippen LogP contribution >= 0.6 is 0 Å². The second-order valence-electron chi connectivity index (χ2n) is 7.92. The zero-order valence-corrected chi connectivity index (χ0v) is 17.6. The number of carbonyl (C=O) groups excluding carboxylic acids is 1. The number of benzene rings is 1. The molecule has 0 aliphatic carbocycles. The Morgan fingerprint density at radius 2 is 2.00 bits per heavy atom. The highest BCUT2D eigenvalue weighted by atomic mass is 16.5. The van der Waals surface area contributed by atoms with Gasteiger partial charge in [-0.15, -0.1) is 10.2 Å². The Labute approximate surface area is 175 Å². The monoisotopic (exact) mass is 405 g/mol. The van der Waals surface area contributed by atoms with Crippen molar-refractivity contribution in [3.8, 4) is 5.75 Å². The predicted octanol–water partition coefficient (Wildman–Crippen LogP) is 3.99. The van der Waals surface area contributed by atoms with Crippen molar-refractivity contribution in [3.05, 3.63) is 60.7 Å². The fraction of sp³-hybridized carbons (Fsp3) is 0.348. The lowest BCUT2D eigenvalue weighted by atomic mass is 10.0. The van der Waals surface area contributed by atoms with Gasteiger partial charge in [0, 0.05) is 36.3 Å². The fourth-order valence-electron chi connectivity index (χ4n) is 3.79. The van der Waals surface area contributed by atoms with Gasteiger partial charge in [0.1, 0.15) is 5.75 Å².